The fourth-order valence-electron chi connectivity index (χ4n) is 1.52. The van der Waals surface area contributed by atoms with Crippen molar-refractivity contribution >= 4 is 17.9 Å². The molecule has 1 aromatic rings. The molecule has 0 aromatic heterocycles. The molecule has 0 amide bonds. The Labute approximate surface area is 84.8 Å². The third-order valence-corrected chi connectivity index (χ3v) is 2.33. The van der Waals surface area contributed by atoms with E-state index in [2.05, 4.69) is 0 Å². The van der Waals surface area contributed by atoms with Gasteiger partial charge in [-0.1, -0.05) is 44.2 Å². The zero-order valence-electron chi connectivity index (χ0n) is 8.95. The predicted molar refractivity (Wildman–Crippen MR) is 60.1 cm³/mol. The molecule has 0 saturated carbocycles. The van der Waals surface area contributed by atoms with Gasteiger partial charge in [0.05, 0.1) is 0 Å². The highest BCUT2D eigenvalue weighted by Gasteiger charge is 2.02. The second-order valence-electron chi connectivity index (χ2n) is 3.60. The van der Waals surface area contributed by atoms with E-state index in [1.165, 1.54) is 0 Å². The van der Waals surface area contributed by atoms with E-state index in [9.17, 15) is 4.79 Å². The Kier molecular flexibility index (Phi) is 3.63. The van der Waals surface area contributed by atoms with E-state index in [0.29, 0.717) is 0 Å². The van der Waals surface area contributed by atoms with E-state index < -0.39 is 0 Å². The van der Waals surface area contributed by atoms with E-state index in [4.69, 9.17) is 0 Å². The lowest BCUT2D eigenvalue weighted by atomic mass is 10.0. The quantitative estimate of drug-likeness (QED) is 0.643. The van der Waals surface area contributed by atoms with Gasteiger partial charge in [-0.15, -0.1) is 0 Å². The summed E-state index contributed by atoms with van der Waals surface area (Å²) in [7, 11) is 0. The standard InChI is InChI=1S/C13H16O/c1-4-11-7-5-6-8-12(11)13(9-14)10(2)3/h4-10H,1-3H3/b11-4?,13-12-. The number of aldehydes is 1. The van der Waals surface area contributed by atoms with Crippen LogP contribution in [0.15, 0.2) is 24.3 Å². The van der Waals surface area contributed by atoms with Crippen LogP contribution in [0.2, 0.25) is 0 Å². The maximum absolute atomic E-state index is 11.0. The Bertz CT molecular complexity index is 427. The highest BCUT2D eigenvalue weighted by atomic mass is 16.1. The van der Waals surface area contributed by atoms with Crippen molar-refractivity contribution in [3.8, 4) is 0 Å². The Hall–Kier alpha value is -1.37. The molecule has 0 radical (unpaired) electrons. The van der Waals surface area contributed by atoms with Crippen LogP contribution < -0.4 is 10.4 Å². The number of hydrogen-bond donors (Lipinski definition) is 0. The molecule has 0 saturated heterocycles. The van der Waals surface area contributed by atoms with Crippen LogP contribution >= 0.6 is 0 Å². The molecule has 0 spiro atoms. The van der Waals surface area contributed by atoms with Crippen molar-refractivity contribution in [3.05, 3.63) is 34.7 Å². The monoisotopic (exact) mass is 188 g/mol. The maximum Gasteiger partial charge on any atom is 0.146 e. The molecule has 74 valence electrons. The number of hydrogen-bond acceptors (Lipinski definition) is 1. The van der Waals surface area contributed by atoms with Crippen LogP contribution in [0.1, 0.15) is 20.8 Å². The summed E-state index contributed by atoms with van der Waals surface area (Å²) in [4.78, 5) is 11.0. The average molecular weight is 188 g/mol. The molecule has 1 aromatic carbocycles. The lowest BCUT2D eigenvalue weighted by molar-refractivity contribution is -0.103. The second kappa shape index (κ2) is 4.75. The maximum atomic E-state index is 11.0. The summed E-state index contributed by atoms with van der Waals surface area (Å²) < 4.78 is 0. The summed E-state index contributed by atoms with van der Waals surface area (Å²) >= 11 is 0. The third-order valence-electron chi connectivity index (χ3n) is 2.33. The number of carbonyl (C=O) groups is 1. The van der Waals surface area contributed by atoms with Gasteiger partial charge in [0.1, 0.15) is 6.29 Å². The molecule has 1 heteroatoms. The van der Waals surface area contributed by atoms with Crippen LogP contribution in [-0.2, 0) is 4.79 Å². The van der Waals surface area contributed by atoms with Gasteiger partial charge in [-0.3, -0.25) is 4.79 Å². The minimum Gasteiger partial charge on any atom is -0.298 e. The topological polar surface area (TPSA) is 17.1 Å². The first kappa shape index (κ1) is 10.7. The van der Waals surface area contributed by atoms with E-state index >= 15 is 0 Å². The first-order valence-electron chi connectivity index (χ1n) is 4.91. The second-order valence-corrected chi connectivity index (χ2v) is 3.60. The lowest BCUT2D eigenvalue weighted by Crippen LogP contribution is -2.28. The SMILES string of the molecule is CC=c1cccc/c1=C(\C=O)C(C)C. The van der Waals surface area contributed by atoms with Crippen molar-refractivity contribution in [3.63, 3.8) is 0 Å². The van der Waals surface area contributed by atoms with Gasteiger partial charge < -0.3 is 0 Å². The molecule has 14 heavy (non-hydrogen) atoms. The molecule has 0 heterocycles. The van der Waals surface area contributed by atoms with Crippen LogP contribution in [0.4, 0.5) is 0 Å². The molecule has 0 bridgehead atoms. The molecule has 0 N–H and O–H groups in total. The summed E-state index contributed by atoms with van der Waals surface area (Å²) in [5, 5.41) is 2.18. The smallest absolute Gasteiger partial charge is 0.146 e. The zero-order chi connectivity index (χ0) is 10.6. The Morgan fingerprint density at radius 1 is 1.29 bits per heavy atom. The predicted octanol–water partition coefficient (Wildman–Crippen LogP) is 1.49. The van der Waals surface area contributed by atoms with E-state index in [-0.39, 0.29) is 5.92 Å². The number of rotatable bonds is 2. The van der Waals surface area contributed by atoms with Crippen molar-refractivity contribution in [2.75, 3.05) is 0 Å². The Balaban J connectivity index is 3.64. The summed E-state index contributed by atoms with van der Waals surface area (Å²) in [6.07, 6.45) is 2.99. The fraction of sp³-hybridized carbons (Fsp3) is 0.308. The molecular weight excluding hydrogens is 172 g/mol. The van der Waals surface area contributed by atoms with Crippen LogP contribution in [0.3, 0.4) is 0 Å². The highest BCUT2D eigenvalue weighted by Crippen LogP contribution is 2.03. The van der Waals surface area contributed by atoms with E-state index in [1.54, 1.807) is 0 Å². The average Bonchev–Trinajstić information content (AvgIpc) is 2.19. The molecule has 0 aliphatic rings. The molecule has 1 nitrogen and oxygen atoms in total. The first-order valence-corrected chi connectivity index (χ1v) is 4.91. The summed E-state index contributed by atoms with van der Waals surface area (Å²) in [6, 6.07) is 7.98. The normalized spacial score (nSPS) is 14.4. The largest absolute Gasteiger partial charge is 0.298 e. The highest BCUT2D eigenvalue weighted by molar-refractivity contribution is 5.99. The summed E-state index contributed by atoms with van der Waals surface area (Å²) in [5.41, 5.74) is 0.874. The molecule has 0 fully saturated rings. The molecule has 0 atom stereocenters. The molecule has 1 rings (SSSR count). The van der Waals surface area contributed by atoms with Gasteiger partial charge in [0.15, 0.2) is 0 Å². The molecule has 0 unspecified atom stereocenters. The Morgan fingerprint density at radius 2 is 1.93 bits per heavy atom. The van der Waals surface area contributed by atoms with Crippen molar-refractivity contribution in [2.24, 2.45) is 5.92 Å². The lowest BCUT2D eigenvalue weighted by Gasteiger charge is -2.03. The summed E-state index contributed by atoms with van der Waals surface area (Å²) in [5.74, 6) is 0.272. The van der Waals surface area contributed by atoms with Crippen LogP contribution in [0.5, 0.6) is 0 Å². The Morgan fingerprint density at radius 3 is 2.43 bits per heavy atom. The van der Waals surface area contributed by atoms with Crippen molar-refractivity contribution in [1.29, 1.82) is 0 Å². The van der Waals surface area contributed by atoms with E-state index in [1.807, 2.05) is 51.1 Å². The van der Waals surface area contributed by atoms with Crippen LogP contribution in [-0.4, -0.2) is 6.29 Å². The molecule has 0 aliphatic heterocycles. The van der Waals surface area contributed by atoms with Crippen LogP contribution in [0.25, 0.3) is 11.6 Å². The van der Waals surface area contributed by atoms with Gasteiger partial charge in [0.2, 0.25) is 0 Å². The number of benzene rings is 1. The molecule has 0 aliphatic carbocycles. The molecular formula is C13H16O. The van der Waals surface area contributed by atoms with E-state index in [0.717, 1.165) is 22.3 Å². The van der Waals surface area contributed by atoms with Crippen molar-refractivity contribution in [2.45, 2.75) is 20.8 Å². The third kappa shape index (κ3) is 2.11. The fourth-order valence-corrected chi connectivity index (χ4v) is 1.52. The minimum atomic E-state index is 0.272. The first-order chi connectivity index (χ1) is 6.70. The van der Waals surface area contributed by atoms with Gasteiger partial charge in [-0.25, -0.2) is 0 Å². The van der Waals surface area contributed by atoms with Gasteiger partial charge in [0, 0.05) is 5.57 Å². The van der Waals surface area contributed by atoms with Crippen molar-refractivity contribution in [1.82, 2.24) is 0 Å². The van der Waals surface area contributed by atoms with Gasteiger partial charge >= 0.3 is 0 Å². The van der Waals surface area contributed by atoms with Gasteiger partial charge in [-0.2, -0.15) is 0 Å². The number of carbonyl (C=O) groups excluding carboxylic acids is 1. The van der Waals surface area contributed by atoms with Gasteiger partial charge in [0.25, 0.3) is 0 Å². The summed E-state index contributed by atoms with van der Waals surface area (Å²) in [6.45, 7) is 6.06. The van der Waals surface area contributed by atoms with Crippen LogP contribution in [0, 0.1) is 5.92 Å². The minimum absolute atomic E-state index is 0.272. The van der Waals surface area contributed by atoms with Gasteiger partial charge in [-0.05, 0) is 23.3 Å². The van der Waals surface area contributed by atoms with Crippen molar-refractivity contribution < 1.29 is 4.79 Å². The zero-order valence-corrected chi connectivity index (χ0v) is 8.95.